The second kappa shape index (κ2) is 5.68. The van der Waals surface area contributed by atoms with Crippen LogP contribution in [0.4, 0.5) is 0 Å². The molecule has 1 aromatic heterocycles. The van der Waals surface area contributed by atoms with Crippen LogP contribution in [0.1, 0.15) is 10.4 Å². The van der Waals surface area contributed by atoms with Gasteiger partial charge in [0, 0.05) is 16.5 Å². The third-order valence-corrected chi connectivity index (χ3v) is 4.22. The summed E-state index contributed by atoms with van der Waals surface area (Å²) in [4.78, 5) is 15.6. The van der Waals surface area contributed by atoms with E-state index < -0.39 is 5.97 Å². The highest BCUT2D eigenvalue weighted by Crippen LogP contribution is 2.33. The third kappa shape index (κ3) is 2.82. The van der Waals surface area contributed by atoms with Gasteiger partial charge in [-0.1, -0.05) is 41.9 Å². The van der Waals surface area contributed by atoms with Crippen molar-refractivity contribution in [1.29, 1.82) is 0 Å². The molecule has 0 spiro atoms. The Morgan fingerprint density at radius 1 is 1.14 bits per heavy atom. The van der Waals surface area contributed by atoms with Crippen molar-refractivity contribution in [3.05, 3.63) is 64.5 Å². The minimum Gasteiger partial charge on any atom is -0.478 e. The lowest BCUT2D eigenvalue weighted by Gasteiger charge is -2.00. The zero-order chi connectivity index (χ0) is 14.8. The van der Waals surface area contributed by atoms with Gasteiger partial charge >= 0.3 is 5.97 Å². The maximum atomic E-state index is 11.0. The van der Waals surface area contributed by atoms with Crippen LogP contribution in [0.5, 0.6) is 0 Å². The number of hydrogen-bond acceptors (Lipinski definition) is 3. The van der Waals surface area contributed by atoms with Gasteiger partial charge in [0.1, 0.15) is 5.01 Å². The molecule has 0 aliphatic carbocycles. The van der Waals surface area contributed by atoms with Gasteiger partial charge < -0.3 is 5.11 Å². The van der Waals surface area contributed by atoms with Crippen molar-refractivity contribution >= 4 is 28.9 Å². The molecule has 0 radical (unpaired) electrons. The third-order valence-electron chi connectivity index (χ3n) is 3.01. The van der Waals surface area contributed by atoms with Gasteiger partial charge in [-0.3, -0.25) is 0 Å². The van der Waals surface area contributed by atoms with E-state index in [0.29, 0.717) is 5.02 Å². The Labute approximate surface area is 130 Å². The maximum Gasteiger partial charge on any atom is 0.335 e. The topological polar surface area (TPSA) is 50.2 Å². The van der Waals surface area contributed by atoms with E-state index in [2.05, 4.69) is 4.98 Å². The van der Waals surface area contributed by atoms with Crippen LogP contribution in [0, 0.1) is 0 Å². The highest BCUT2D eigenvalue weighted by molar-refractivity contribution is 7.13. The molecule has 1 heterocycles. The predicted molar refractivity (Wildman–Crippen MR) is 85.0 cm³/mol. The van der Waals surface area contributed by atoms with Crippen LogP contribution >= 0.6 is 22.9 Å². The first-order valence-corrected chi connectivity index (χ1v) is 7.45. The van der Waals surface area contributed by atoms with Crippen LogP contribution in [0.25, 0.3) is 21.8 Å². The molecule has 21 heavy (non-hydrogen) atoms. The smallest absolute Gasteiger partial charge is 0.335 e. The summed E-state index contributed by atoms with van der Waals surface area (Å²) in [5.41, 5.74) is 2.66. The molecule has 0 saturated heterocycles. The summed E-state index contributed by atoms with van der Waals surface area (Å²) in [7, 11) is 0. The number of aromatic carboxylic acids is 1. The lowest BCUT2D eigenvalue weighted by atomic mass is 10.1. The van der Waals surface area contributed by atoms with Crippen molar-refractivity contribution in [2.45, 2.75) is 0 Å². The number of nitrogens with zero attached hydrogens (tertiary/aromatic N) is 1. The van der Waals surface area contributed by atoms with Gasteiger partial charge in [-0.15, -0.1) is 11.3 Å². The van der Waals surface area contributed by atoms with Crippen LogP contribution < -0.4 is 0 Å². The quantitative estimate of drug-likeness (QED) is 0.753. The minimum atomic E-state index is -0.946. The zero-order valence-corrected chi connectivity index (χ0v) is 12.4. The second-order valence-electron chi connectivity index (χ2n) is 4.40. The predicted octanol–water partition coefficient (Wildman–Crippen LogP) is 4.83. The van der Waals surface area contributed by atoms with Crippen LogP contribution in [0.15, 0.2) is 53.9 Å². The summed E-state index contributed by atoms with van der Waals surface area (Å²) in [6.07, 6.45) is 0. The second-order valence-corrected chi connectivity index (χ2v) is 5.67. The Kier molecular flexibility index (Phi) is 3.73. The van der Waals surface area contributed by atoms with Crippen LogP contribution in [-0.4, -0.2) is 16.1 Å². The number of thiazole rings is 1. The average Bonchev–Trinajstić information content (AvgIpc) is 2.97. The van der Waals surface area contributed by atoms with Gasteiger partial charge in [-0.05, 0) is 18.2 Å². The first-order valence-electron chi connectivity index (χ1n) is 6.19. The van der Waals surface area contributed by atoms with Crippen LogP contribution in [0.3, 0.4) is 0 Å². The standard InChI is InChI=1S/C16H10ClNO2S/c17-13-7-2-1-6-12(13)15-18-14(9-21-15)10-4-3-5-11(8-10)16(19)20/h1-9H,(H,19,20). The fourth-order valence-corrected chi connectivity index (χ4v) is 3.13. The number of halogens is 1. The molecule has 0 fully saturated rings. The lowest BCUT2D eigenvalue weighted by molar-refractivity contribution is 0.0697. The van der Waals surface area contributed by atoms with Gasteiger partial charge in [-0.2, -0.15) is 0 Å². The first kappa shape index (κ1) is 13.8. The Bertz CT molecular complexity index is 813. The number of carboxylic acid groups (broad SMARTS) is 1. The normalized spacial score (nSPS) is 10.5. The fraction of sp³-hybridized carbons (Fsp3) is 0. The number of carboxylic acids is 1. The van der Waals surface area contributed by atoms with Crippen molar-refractivity contribution < 1.29 is 9.90 Å². The highest BCUT2D eigenvalue weighted by Gasteiger charge is 2.11. The molecule has 3 nitrogen and oxygen atoms in total. The van der Waals surface area contributed by atoms with Crippen molar-refractivity contribution in [1.82, 2.24) is 4.98 Å². The van der Waals surface area contributed by atoms with Gasteiger partial charge in [0.25, 0.3) is 0 Å². The van der Waals surface area contributed by atoms with Crippen LogP contribution in [0.2, 0.25) is 5.02 Å². The molecule has 104 valence electrons. The maximum absolute atomic E-state index is 11.0. The summed E-state index contributed by atoms with van der Waals surface area (Å²) in [6.45, 7) is 0. The van der Waals surface area contributed by atoms with E-state index >= 15 is 0 Å². The zero-order valence-electron chi connectivity index (χ0n) is 10.8. The number of carbonyl (C=O) groups is 1. The van der Waals surface area contributed by atoms with Gasteiger partial charge in [-0.25, -0.2) is 9.78 Å². The van der Waals surface area contributed by atoms with E-state index in [4.69, 9.17) is 16.7 Å². The van der Waals surface area contributed by atoms with Crippen LogP contribution in [-0.2, 0) is 0 Å². The minimum absolute atomic E-state index is 0.250. The molecular formula is C16H10ClNO2S. The van der Waals surface area contributed by atoms with E-state index in [9.17, 15) is 4.79 Å². The van der Waals surface area contributed by atoms with Gasteiger partial charge in [0.05, 0.1) is 16.3 Å². The van der Waals surface area contributed by atoms with Crippen molar-refractivity contribution in [3.63, 3.8) is 0 Å². The number of rotatable bonds is 3. The molecule has 2 aromatic carbocycles. The Morgan fingerprint density at radius 2 is 1.95 bits per heavy atom. The highest BCUT2D eigenvalue weighted by atomic mass is 35.5. The summed E-state index contributed by atoms with van der Waals surface area (Å²) in [5.74, 6) is -0.946. The van der Waals surface area contributed by atoms with Gasteiger partial charge in [0.15, 0.2) is 0 Å². The molecule has 0 amide bonds. The molecule has 1 N–H and O–H groups in total. The fourth-order valence-electron chi connectivity index (χ4n) is 1.98. The molecule has 3 rings (SSSR count). The number of aromatic nitrogens is 1. The van der Waals surface area contributed by atoms with E-state index in [1.54, 1.807) is 18.2 Å². The summed E-state index contributed by atoms with van der Waals surface area (Å²) in [6, 6.07) is 14.3. The van der Waals surface area contributed by atoms with Gasteiger partial charge in [0.2, 0.25) is 0 Å². The molecule has 0 unspecified atom stereocenters. The van der Waals surface area contributed by atoms with Crippen molar-refractivity contribution in [2.75, 3.05) is 0 Å². The van der Waals surface area contributed by atoms with E-state index in [0.717, 1.165) is 21.8 Å². The molecule has 0 aliphatic rings. The monoisotopic (exact) mass is 315 g/mol. The first-order chi connectivity index (χ1) is 10.1. The molecule has 3 aromatic rings. The molecule has 0 atom stereocenters. The SMILES string of the molecule is O=C(O)c1cccc(-c2csc(-c3ccccc3Cl)n2)c1. The molecule has 0 bridgehead atoms. The summed E-state index contributed by atoms with van der Waals surface area (Å²) >= 11 is 7.65. The Balaban J connectivity index is 2.01. The molecule has 5 heteroatoms. The number of benzene rings is 2. The van der Waals surface area contributed by atoms with E-state index in [1.165, 1.54) is 11.3 Å². The van der Waals surface area contributed by atoms with Crippen molar-refractivity contribution in [3.8, 4) is 21.8 Å². The molecule has 0 aliphatic heterocycles. The Morgan fingerprint density at radius 3 is 2.71 bits per heavy atom. The number of hydrogen-bond donors (Lipinski definition) is 1. The van der Waals surface area contributed by atoms with E-state index in [1.807, 2.05) is 35.7 Å². The largest absolute Gasteiger partial charge is 0.478 e. The Hall–Kier alpha value is -2.17. The summed E-state index contributed by atoms with van der Waals surface area (Å²) < 4.78 is 0. The lowest BCUT2D eigenvalue weighted by Crippen LogP contribution is -1.95. The summed E-state index contributed by atoms with van der Waals surface area (Å²) in [5, 5.41) is 12.4. The average molecular weight is 316 g/mol. The van der Waals surface area contributed by atoms with E-state index in [-0.39, 0.29) is 5.56 Å². The molecular weight excluding hydrogens is 306 g/mol. The molecule has 0 saturated carbocycles. The van der Waals surface area contributed by atoms with Crippen molar-refractivity contribution in [2.24, 2.45) is 0 Å².